The molecule has 0 amide bonds. The van der Waals surface area contributed by atoms with Crippen molar-refractivity contribution in [3.8, 4) is 44.8 Å². The molecule has 0 saturated heterocycles. The molecular formula is C50H30N4. The Bertz CT molecular complexity index is 3030. The zero-order valence-corrected chi connectivity index (χ0v) is 29.1. The monoisotopic (exact) mass is 686 g/mol. The van der Waals surface area contributed by atoms with Gasteiger partial charge in [-0.3, -0.25) is 0 Å². The lowest BCUT2D eigenvalue weighted by Gasteiger charge is -2.17. The fraction of sp³-hybridized carbons (Fsp3) is 0. The van der Waals surface area contributed by atoms with E-state index in [1.54, 1.807) is 6.07 Å². The van der Waals surface area contributed by atoms with Crippen molar-refractivity contribution in [2.45, 2.75) is 0 Å². The first kappa shape index (κ1) is 31.1. The molecule has 10 aromatic rings. The van der Waals surface area contributed by atoms with Gasteiger partial charge in [0.25, 0.3) is 0 Å². The van der Waals surface area contributed by atoms with Crippen molar-refractivity contribution < 1.29 is 0 Å². The van der Waals surface area contributed by atoms with Gasteiger partial charge in [0.15, 0.2) is 11.4 Å². The summed E-state index contributed by atoms with van der Waals surface area (Å²) in [7, 11) is 0. The Balaban J connectivity index is 1.37. The standard InChI is InChI=1S/C50H30N4/c1-51-38-28-37(29-39(32-38)52-2)49-47(26-27-48-50(49)41-20-12-13-21-44(41)53(48)40-18-10-5-11-19-40)54-45-24-22-35(33-14-6-3-7-15-33)30-42(45)43-31-36(23-25-46(43)54)34-16-8-4-9-17-34/h3-32H. The minimum Gasteiger partial charge on any atom is -0.309 e. The first-order valence-corrected chi connectivity index (χ1v) is 17.9. The highest BCUT2D eigenvalue weighted by atomic mass is 15.0. The van der Waals surface area contributed by atoms with Gasteiger partial charge in [0.2, 0.25) is 0 Å². The first-order chi connectivity index (χ1) is 26.7. The van der Waals surface area contributed by atoms with Crippen LogP contribution in [0.3, 0.4) is 0 Å². The third kappa shape index (κ3) is 4.90. The maximum Gasteiger partial charge on any atom is 0.177 e. The average Bonchev–Trinajstić information content (AvgIpc) is 3.76. The molecule has 0 aliphatic carbocycles. The van der Waals surface area contributed by atoms with Gasteiger partial charge in [-0.2, -0.15) is 0 Å². The van der Waals surface area contributed by atoms with E-state index in [2.05, 4.69) is 177 Å². The van der Waals surface area contributed by atoms with Gasteiger partial charge in [0, 0.05) is 32.8 Å². The van der Waals surface area contributed by atoms with E-state index in [0.29, 0.717) is 11.4 Å². The molecule has 0 radical (unpaired) electrons. The van der Waals surface area contributed by atoms with Gasteiger partial charge in [-0.25, -0.2) is 9.69 Å². The summed E-state index contributed by atoms with van der Waals surface area (Å²) in [5.74, 6) is 0. The van der Waals surface area contributed by atoms with E-state index < -0.39 is 0 Å². The number of fused-ring (bicyclic) bond motifs is 6. The van der Waals surface area contributed by atoms with E-state index >= 15 is 0 Å². The highest BCUT2D eigenvalue weighted by molar-refractivity contribution is 6.19. The van der Waals surface area contributed by atoms with Crippen molar-refractivity contribution in [1.29, 1.82) is 0 Å². The highest BCUT2D eigenvalue weighted by Crippen LogP contribution is 2.46. The van der Waals surface area contributed by atoms with Crippen LogP contribution in [-0.4, -0.2) is 9.13 Å². The predicted octanol–water partition coefficient (Wildman–Crippen LogP) is 14.0. The summed E-state index contributed by atoms with van der Waals surface area (Å²) in [6.07, 6.45) is 0. The number of rotatable bonds is 5. The molecule has 2 heterocycles. The maximum atomic E-state index is 7.99. The summed E-state index contributed by atoms with van der Waals surface area (Å²) >= 11 is 0. The van der Waals surface area contributed by atoms with Gasteiger partial charge in [-0.15, -0.1) is 0 Å². The predicted molar refractivity (Wildman–Crippen MR) is 224 cm³/mol. The lowest BCUT2D eigenvalue weighted by Crippen LogP contribution is -1.99. The van der Waals surface area contributed by atoms with Gasteiger partial charge in [0.05, 0.1) is 40.9 Å². The van der Waals surface area contributed by atoms with Crippen LogP contribution in [0.15, 0.2) is 182 Å². The molecule has 0 saturated carbocycles. The van der Waals surface area contributed by atoms with Crippen LogP contribution in [-0.2, 0) is 0 Å². The molecule has 0 fully saturated rings. The molecule has 8 aromatic carbocycles. The van der Waals surface area contributed by atoms with Crippen LogP contribution in [0.1, 0.15) is 0 Å². The number of benzene rings is 8. The molecule has 0 atom stereocenters. The van der Waals surface area contributed by atoms with E-state index in [-0.39, 0.29) is 0 Å². The first-order valence-electron chi connectivity index (χ1n) is 17.9. The van der Waals surface area contributed by atoms with Gasteiger partial charge in [-0.1, -0.05) is 127 Å². The van der Waals surface area contributed by atoms with Crippen LogP contribution in [0.5, 0.6) is 0 Å². The molecule has 0 N–H and O–H groups in total. The summed E-state index contributed by atoms with van der Waals surface area (Å²) in [6, 6.07) is 63.5. The summed E-state index contributed by atoms with van der Waals surface area (Å²) < 4.78 is 4.69. The minimum absolute atomic E-state index is 0.440. The summed E-state index contributed by atoms with van der Waals surface area (Å²) in [5.41, 5.74) is 13.7. The van der Waals surface area contributed by atoms with Crippen LogP contribution in [0.2, 0.25) is 0 Å². The second-order valence-corrected chi connectivity index (χ2v) is 13.5. The molecule has 4 nitrogen and oxygen atoms in total. The molecule has 250 valence electrons. The van der Waals surface area contributed by atoms with Crippen LogP contribution in [0.25, 0.3) is 98.1 Å². The van der Waals surface area contributed by atoms with Gasteiger partial charge >= 0.3 is 0 Å². The second kappa shape index (κ2) is 12.5. The third-order valence-electron chi connectivity index (χ3n) is 10.5. The minimum atomic E-state index is 0.440. The average molecular weight is 687 g/mol. The van der Waals surface area contributed by atoms with Gasteiger partial charge in [0.1, 0.15) is 0 Å². The Labute approximate surface area is 312 Å². The largest absolute Gasteiger partial charge is 0.309 e. The zero-order chi connectivity index (χ0) is 36.2. The van der Waals surface area contributed by atoms with Crippen molar-refractivity contribution in [1.82, 2.24) is 9.13 Å². The molecular weight excluding hydrogens is 657 g/mol. The fourth-order valence-electron chi connectivity index (χ4n) is 8.16. The number of nitrogens with zero attached hydrogens (tertiary/aromatic N) is 4. The van der Waals surface area contributed by atoms with Crippen LogP contribution >= 0.6 is 0 Å². The molecule has 4 heteroatoms. The normalized spacial score (nSPS) is 11.3. The quantitative estimate of drug-likeness (QED) is 0.161. The number of hydrogen-bond donors (Lipinski definition) is 0. The molecule has 2 aromatic heterocycles. The van der Waals surface area contributed by atoms with E-state index in [0.717, 1.165) is 88.4 Å². The Kier molecular flexibility index (Phi) is 7.22. The molecule has 0 bridgehead atoms. The number of para-hydroxylation sites is 2. The SMILES string of the molecule is [C-]#[N+]c1cc([N+]#[C-])cc(-c2c(-n3c4ccc(-c5ccccc5)cc4c4cc(-c5ccccc5)ccc43)ccc3c2c2ccccc2n3-c2ccccc2)c1. The highest BCUT2D eigenvalue weighted by Gasteiger charge is 2.23. The second-order valence-electron chi connectivity index (χ2n) is 13.5. The van der Waals surface area contributed by atoms with Gasteiger partial charge < -0.3 is 9.13 Å². The van der Waals surface area contributed by atoms with Crippen molar-refractivity contribution >= 4 is 55.0 Å². The molecule has 0 aliphatic rings. The van der Waals surface area contributed by atoms with Crippen molar-refractivity contribution in [3.63, 3.8) is 0 Å². The Morgan fingerprint density at radius 1 is 0.352 bits per heavy atom. The molecule has 54 heavy (non-hydrogen) atoms. The molecule has 0 aliphatic heterocycles. The Morgan fingerprint density at radius 2 is 0.852 bits per heavy atom. The van der Waals surface area contributed by atoms with Crippen molar-refractivity contribution in [2.75, 3.05) is 0 Å². The van der Waals surface area contributed by atoms with Crippen molar-refractivity contribution in [3.05, 3.63) is 205 Å². The molecule has 0 spiro atoms. The lowest BCUT2D eigenvalue weighted by molar-refractivity contribution is 1.17. The zero-order valence-electron chi connectivity index (χ0n) is 29.1. The topological polar surface area (TPSA) is 18.6 Å². The Hall–Kier alpha value is -7.66. The summed E-state index contributed by atoms with van der Waals surface area (Å²) in [5, 5.41) is 4.48. The molecule has 0 unspecified atom stereocenters. The number of hydrogen-bond acceptors (Lipinski definition) is 0. The van der Waals surface area contributed by atoms with Crippen LogP contribution < -0.4 is 0 Å². The van der Waals surface area contributed by atoms with Crippen molar-refractivity contribution in [2.24, 2.45) is 0 Å². The smallest absolute Gasteiger partial charge is 0.177 e. The van der Waals surface area contributed by atoms with Crippen LogP contribution in [0, 0.1) is 13.1 Å². The fourth-order valence-corrected chi connectivity index (χ4v) is 8.16. The number of aromatic nitrogens is 2. The van der Waals surface area contributed by atoms with E-state index in [1.807, 2.05) is 18.2 Å². The van der Waals surface area contributed by atoms with Gasteiger partial charge in [-0.05, 0) is 82.4 Å². The summed E-state index contributed by atoms with van der Waals surface area (Å²) in [6.45, 7) is 16.0. The van der Waals surface area contributed by atoms with Crippen LogP contribution in [0.4, 0.5) is 11.4 Å². The van der Waals surface area contributed by atoms with E-state index in [1.165, 1.54) is 0 Å². The molecule has 10 rings (SSSR count). The van der Waals surface area contributed by atoms with E-state index in [4.69, 9.17) is 13.1 Å². The van der Waals surface area contributed by atoms with E-state index in [9.17, 15) is 0 Å². The third-order valence-corrected chi connectivity index (χ3v) is 10.5. The summed E-state index contributed by atoms with van der Waals surface area (Å²) in [4.78, 5) is 7.65. The Morgan fingerprint density at radius 3 is 1.43 bits per heavy atom. The lowest BCUT2D eigenvalue weighted by atomic mass is 9.96. The maximum absolute atomic E-state index is 7.99.